The van der Waals surface area contributed by atoms with Crippen LogP contribution in [0.2, 0.25) is 0 Å². The number of rotatable bonds is 6. The van der Waals surface area contributed by atoms with E-state index in [0.29, 0.717) is 36.3 Å². The number of hydrogen-bond acceptors (Lipinski definition) is 6. The summed E-state index contributed by atoms with van der Waals surface area (Å²) in [6.45, 7) is 3.51. The lowest BCUT2D eigenvalue weighted by atomic mass is 10.0. The molecule has 0 spiro atoms. The normalized spacial score (nSPS) is 13.0. The molecular formula is C21H23NO7S. The molecule has 2 aromatic carbocycles. The van der Waals surface area contributed by atoms with Gasteiger partial charge in [-0.2, -0.15) is 0 Å². The number of carboxylic acid groups (broad SMARTS) is 1. The molecule has 1 aliphatic rings. The minimum atomic E-state index is -3.64. The molecule has 0 unspecified atom stereocenters. The molecule has 0 bridgehead atoms. The van der Waals surface area contributed by atoms with Gasteiger partial charge in [0, 0.05) is 17.3 Å². The van der Waals surface area contributed by atoms with Crippen molar-refractivity contribution in [3.05, 3.63) is 41.0 Å². The number of amides is 1. The third-order valence-electron chi connectivity index (χ3n) is 4.94. The Morgan fingerprint density at radius 2 is 1.87 bits per heavy atom. The number of carboxylic acids is 1. The highest BCUT2D eigenvalue weighted by molar-refractivity contribution is 7.91. The number of aromatic hydroxyl groups is 1. The van der Waals surface area contributed by atoms with Crippen LogP contribution in [0.3, 0.4) is 0 Å². The van der Waals surface area contributed by atoms with Gasteiger partial charge in [-0.25, -0.2) is 13.2 Å². The molecule has 30 heavy (non-hydrogen) atoms. The number of phenolic OH excluding ortho intramolecular Hbond substituents is 1. The predicted octanol–water partition coefficient (Wildman–Crippen LogP) is 3.19. The summed E-state index contributed by atoms with van der Waals surface area (Å²) >= 11 is 0. The van der Waals surface area contributed by atoms with Crippen LogP contribution in [0.5, 0.6) is 17.2 Å². The van der Waals surface area contributed by atoms with Crippen LogP contribution in [0.25, 0.3) is 0 Å². The first-order valence-electron chi connectivity index (χ1n) is 9.57. The Bertz CT molecular complexity index is 1120. The van der Waals surface area contributed by atoms with Crippen molar-refractivity contribution in [3.63, 3.8) is 0 Å². The van der Waals surface area contributed by atoms with Gasteiger partial charge in [0.05, 0.1) is 5.75 Å². The van der Waals surface area contributed by atoms with E-state index in [1.807, 2.05) is 0 Å². The van der Waals surface area contributed by atoms with Gasteiger partial charge in [-0.15, -0.1) is 0 Å². The van der Waals surface area contributed by atoms with Gasteiger partial charge in [0.1, 0.15) is 22.1 Å². The first-order chi connectivity index (χ1) is 14.1. The number of phenols is 1. The summed E-state index contributed by atoms with van der Waals surface area (Å²) in [6, 6.07) is 5.73. The second-order valence-electron chi connectivity index (χ2n) is 7.19. The molecule has 0 atom stereocenters. The fourth-order valence-electron chi connectivity index (χ4n) is 3.63. The van der Waals surface area contributed by atoms with Crippen molar-refractivity contribution < 1.29 is 33.0 Å². The van der Waals surface area contributed by atoms with Gasteiger partial charge in [0.25, 0.3) is 0 Å². The highest BCUT2D eigenvalue weighted by Gasteiger charge is 2.25. The molecule has 0 fully saturated rings. The Morgan fingerprint density at radius 3 is 2.53 bits per heavy atom. The van der Waals surface area contributed by atoms with Crippen LogP contribution in [-0.4, -0.2) is 36.3 Å². The molecule has 0 aliphatic heterocycles. The molecule has 2 aromatic rings. The second-order valence-corrected chi connectivity index (χ2v) is 9.27. The van der Waals surface area contributed by atoms with Crippen LogP contribution in [0.1, 0.15) is 36.5 Å². The average molecular weight is 433 g/mol. The van der Waals surface area contributed by atoms with Crippen LogP contribution in [0.15, 0.2) is 29.2 Å². The van der Waals surface area contributed by atoms with Gasteiger partial charge in [0.2, 0.25) is 0 Å². The van der Waals surface area contributed by atoms with E-state index in [1.165, 1.54) is 18.2 Å². The van der Waals surface area contributed by atoms with E-state index in [2.05, 4.69) is 5.32 Å². The van der Waals surface area contributed by atoms with E-state index in [9.17, 15) is 23.1 Å². The number of carbonyl (C=O) groups excluding carboxylic acids is 1. The quantitative estimate of drug-likeness (QED) is 0.597. The fourth-order valence-corrected chi connectivity index (χ4v) is 5.07. The molecule has 3 rings (SSSR count). The second kappa shape index (κ2) is 8.35. The molecule has 1 amide bonds. The molecule has 9 heteroatoms. The van der Waals surface area contributed by atoms with E-state index >= 15 is 0 Å². The van der Waals surface area contributed by atoms with Gasteiger partial charge in [-0.05, 0) is 61.9 Å². The lowest BCUT2D eigenvalue weighted by Gasteiger charge is -2.18. The SMILES string of the molecule is CCCS(=O)(=O)c1cc(Oc2c(C)cc(NC(=O)C(=O)O)c3c2CCC3)ccc1O. The molecule has 8 nitrogen and oxygen atoms in total. The van der Waals surface area contributed by atoms with Gasteiger partial charge in [-0.3, -0.25) is 4.79 Å². The smallest absolute Gasteiger partial charge is 0.394 e. The Morgan fingerprint density at radius 1 is 1.17 bits per heavy atom. The molecule has 0 heterocycles. The molecule has 0 saturated heterocycles. The number of sulfone groups is 1. The van der Waals surface area contributed by atoms with E-state index in [-0.39, 0.29) is 22.1 Å². The largest absolute Gasteiger partial charge is 0.507 e. The number of aryl methyl sites for hydroxylation is 1. The van der Waals surface area contributed by atoms with E-state index in [4.69, 9.17) is 9.84 Å². The van der Waals surface area contributed by atoms with Crippen LogP contribution in [0, 0.1) is 6.92 Å². The minimum Gasteiger partial charge on any atom is -0.507 e. The third-order valence-corrected chi connectivity index (χ3v) is 6.88. The monoisotopic (exact) mass is 433 g/mol. The van der Waals surface area contributed by atoms with Gasteiger partial charge in [0.15, 0.2) is 9.84 Å². The summed E-state index contributed by atoms with van der Waals surface area (Å²) in [5, 5.41) is 21.3. The van der Waals surface area contributed by atoms with Gasteiger partial charge >= 0.3 is 11.9 Å². The molecule has 0 saturated carbocycles. The summed E-state index contributed by atoms with van der Waals surface area (Å²) in [7, 11) is -3.64. The molecular weight excluding hydrogens is 410 g/mol. The number of hydrogen-bond donors (Lipinski definition) is 3. The zero-order valence-electron chi connectivity index (χ0n) is 16.7. The van der Waals surface area contributed by atoms with Crippen molar-refractivity contribution in [1.29, 1.82) is 0 Å². The Balaban J connectivity index is 2.00. The Hall–Kier alpha value is -3.07. The first kappa shape index (κ1) is 21.6. The number of nitrogens with one attached hydrogen (secondary N) is 1. The Labute approximate surface area is 174 Å². The maximum Gasteiger partial charge on any atom is 0.394 e. The van der Waals surface area contributed by atoms with Crippen LogP contribution in [-0.2, 0) is 32.3 Å². The Kier molecular flexibility index (Phi) is 6.02. The number of aliphatic carboxylic acids is 1. The van der Waals surface area contributed by atoms with Crippen molar-refractivity contribution in [2.45, 2.75) is 44.4 Å². The van der Waals surface area contributed by atoms with Crippen LogP contribution in [0.4, 0.5) is 5.69 Å². The highest BCUT2D eigenvalue weighted by atomic mass is 32.2. The summed E-state index contributed by atoms with van der Waals surface area (Å²) in [5.74, 6) is -2.28. The zero-order valence-corrected chi connectivity index (χ0v) is 17.5. The highest BCUT2D eigenvalue weighted by Crippen LogP contribution is 2.41. The molecule has 0 aromatic heterocycles. The summed E-state index contributed by atoms with van der Waals surface area (Å²) in [6.07, 6.45) is 2.58. The molecule has 0 radical (unpaired) electrons. The van der Waals surface area contributed by atoms with Crippen molar-refractivity contribution in [3.8, 4) is 17.2 Å². The molecule has 1 aliphatic carbocycles. The van der Waals surface area contributed by atoms with Crippen molar-refractivity contribution in [1.82, 2.24) is 0 Å². The lowest BCUT2D eigenvalue weighted by Crippen LogP contribution is -2.22. The zero-order chi connectivity index (χ0) is 22.1. The number of carbonyl (C=O) groups is 2. The van der Waals surface area contributed by atoms with Crippen LogP contribution < -0.4 is 10.1 Å². The van der Waals surface area contributed by atoms with Crippen LogP contribution >= 0.6 is 0 Å². The average Bonchev–Trinajstić information content (AvgIpc) is 3.15. The van der Waals surface area contributed by atoms with Crippen molar-refractivity contribution in [2.75, 3.05) is 11.1 Å². The number of benzene rings is 2. The third kappa shape index (κ3) is 4.25. The van der Waals surface area contributed by atoms with Crippen molar-refractivity contribution >= 4 is 27.4 Å². The van der Waals surface area contributed by atoms with Gasteiger partial charge < -0.3 is 20.3 Å². The fraction of sp³-hybridized carbons (Fsp3) is 0.333. The number of fused-ring (bicyclic) bond motifs is 1. The van der Waals surface area contributed by atoms with E-state index < -0.39 is 21.7 Å². The minimum absolute atomic E-state index is 0.0869. The number of anilines is 1. The maximum absolute atomic E-state index is 12.4. The van der Waals surface area contributed by atoms with Crippen molar-refractivity contribution in [2.24, 2.45) is 0 Å². The standard InChI is InChI=1S/C21H23NO7S/c1-3-9-30(27,28)18-11-13(7-8-17(18)23)29-19-12(2)10-16(22-20(24)21(25)26)14-5-4-6-15(14)19/h7-8,10-11,23H,3-6,9H2,1-2H3,(H,22,24)(H,25,26). The van der Waals surface area contributed by atoms with Gasteiger partial charge in [-0.1, -0.05) is 6.92 Å². The topological polar surface area (TPSA) is 130 Å². The lowest BCUT2D eigenvalue weighted by molar-refractivity contribution is -0.147. The molecule has 3 N–H and O–H groups in total. The summed E-state index contributed by atoms with van der Waals surface area (Å²) in [5.41, 5.74) is 2.77. The van der Waals surface area contributed by atoms with E-state index in [1.54, 1.807) is 19.9 Å². The molecule has 160 valence electrons. The summed E-state index contributed by atoms with van der Waals surface area (Å²) < 4.78 is 30.8. The number of ether oxygens (including phenoxy) is 1. The predicted molar refractivity (Wildman–Crippen MR) is 110 cm³/mol. The maximum atomic E-state index is 12.4. The first-order valence-corrected chi connectivity index (χ1v) is 11.2. The van der Waals surface area contributed by atoms with E-state index in [0.717, 1.165) is 17.5 Å². The summed E-state index contributed by atoms with van der Waals surface area (Å²) in [4.78, 5) is 22.3.